The fourth-order valence-electron chi connectivity index (χ4n) is 10.9. The quantitative estimate of drug-likeness (QED) is 0.0594. The van der Waals surface area contributed by atoms with Gasteiger partial charge in [-0.2, -0.15) is 0 Å². The summed E-state index contributed by atoms with van der Waals surface area (Å²) in [4.78, 5) is 58.4. The highest BCUT2D eigenvalue weighted by molar-refractivity contribution is 7.14. The molecule has 0 spiro atoms. The van der Waals surface area contributed by atoms with E-state index in [0.29, 0.717) is 32.4 Å². The standard InChI is InChI=1S/C53H66N4O9S/c1-11-43-53(8)47-34(4)44(54-26-27-57(47)51(61)66-53)32(2)30-52(7,48(35(5)45(58)36(6)49(60)64-43)65-50-46(59)42(56(9)10)29-33(3)63-50)25-15-21-39-23-24-40(67-39)31-55-62-28-16-20-38-19-14-18-37-17-12-13-22-41(37)38/h12-14,17-19,22-24,31-36,42-43,46-48,50,59H,11,25-30H2,1-10H3/b55-31-/t32-,33-,34-,35+,36-,42+,43+,46-,47-,48-,50?,52+,53-/m1/s1. The molecule has 7 rings (SSSR count). The highest BCUT2D eigenvalue weighted by Gasteiger charge is 2.60. The van der Waals surface area contributed by atoms with Gasteiger partial charge in [-0.1, -0.05) is 99.9 Å². The number of ketones is 1. The lowest BCUT2D eigenvalue weighted by atomic mass is 9.66. The average Bonchev–Trinajstić information content (AvgIpc) is 3.79. The SMILES string of the molecule is CC[C@@H]1OC(=O)[C@H](C)C(=O)[C@H](C)[C@@H](OC2O[C@H](C)C[C@H](N(C)C)[C@H]2O)[C@@](C)(CC#Cc2ccc(/C=N\OCC#Cc3cccc4ccccc34)s2)C[C@@H](C)C2=NCCN3C(=O)O[C@@]1(C)[C@H]3[C@@H]2C. The minimum absolute atomic E-state index is 0.130. The summed E-state index contributed by atoms with van der Waals surface area (Å²) in [5.41, 5.74) is -0.233. The maximum Gasteiger partial charge on any atom is 0.410 e. The van der Waals surface area contributed by atoms with E-state index in [2.05, 4.69) is 67.8 Å². The number of Topliss-reactive ketones (excluding diaryl/α,β-unsaturated/α-hetero) is 1. The van der Waals surface area contributed by atoms with Gasteiger partial charge in [-0.25, -0.2) is 4.79 Å². The van der Waals surface area contributed by atoms with Gasteiger partial charge in [-0.15, -0.1) is 11.3 Å². The Morgan fingerprint density at radius 1 is 1.00 bits per heavy atom. The van der Waals surface area contributed by atoms with Crippen molar-refractivity contribution in [2.24, 2.45) is 39.2 Å². The van der Waals surface area contributed by atoms with Gasteiger partial charge in [0.2, 0.25) is 0 Å². The predicted molar refractivity (Wildman–Crippen MR) is 260 cm³/mol. The maximum atomic E-state index is 14.7. The summed E-state index contributed by atoms with van der Waals surface area (Å²) in [6, 6.07) is 17.3. The molecule has 2 bridgehead atoms. The number of ether oxygens (including phenoxy) is 4. The second-order valence-corrected chi connectivity index (χ2v) is 20.6. The number of rotatable bonds is 8. The largest absolute Gasteiger partial charge is 0.458 e. The molecular weight excluding hydrogens is 869 g/mol. The average molecular weight is 935 g/mol. The van der Waals surface area contributed by atoms with Crippen LogP contribution in [0.2, 0.25) is 0 Å². The zero-order chi connectivity index (χ0) is 48.2. The Bertz CT molecular complexity index is 2480. The van der Waals surface area contributed by atoms with E-state index in [4.69, 9.17) is 28.8 Å². The third-order valence-corrected chi connectivity index (χ3v) is 15.2. The third kappa shape index (κ3) is 10.6. The molecule has 2 aromatic carbocycles. The molecule has 5 heterocycles. The van der Waals surface area contributed by atoms with Crippen LogP contribution in [0, 0.1) is 52.8 Å². The monoisotopic (exact) mass is 934 g/mol. The highest BCUT2D eigenvalue weighted by Crippen LogP contribution is 2.46. The molecule has 4 aliphatic heterocycles. The molecule has 13 nitrogen and oxygen atoms in total. The fraction of sp³-hybridized carbons (Fsp3) is 0.566. The Hall–Kier alpha value is -5.09. The van der Waals surface area contributed by atoms with Gasteiger partial charge in [-0.3, -0.25) is 19.5 Å². The number of aliphatic imine (C=N–C) groups is 1. The first kappa shape index (κ1) is 49.8. The molecule has 13 atom stereocenters. The van der Waals surface area contributed by atoms with Crippen molar-refractivity contribution in [2.75, 3.05) is 33.8 Å². The molecule has 358 valence electrons. The second kappa shape index (κ2) is 21.1. The van der Waals surface area contributed by atoms with E-state index in [-0.39, 0.29) is 42.8 Å². The summed E-state index contributed by atoms with van der Waals surface area (Å²) in [6.45, 7) is 16.1. The normalized spacial score (nSPS) is 33.7. The number of amides is 1. The number of likely N-dealkylation sites (N-methyl/N-ethyl adjacent to an activating group) is 1. The molecule has 14 heteroatoms. The van der Waals surface area contributed by atoms with Crippen molar-refractivity contribution in [3.63, 3.8) is 0 Å². The number of aliphatic hydroxyl groups excluding tert-OH is 1. The van der Waals surface area contributed by atoms with Crippen LogP contribution in [0.25, 0.3) is 10.8 Å². The summed E-state index contributed by atoms with van der Waals surface area (Å²) in [7, 11) is 3.83. The van der Waals surface area contributed by atoms with E-state index in [1.54, 1.807) is 25.0 Å². The van der Waals surface area contributed by atoms with Crippen molar-refractivity contribution in [2.45, 2.75) is 129 Å². The number of cyclic esters (lactones) is 1. The van der Waals surface area contributed by atoms with Crippen molar-refractivity contribution in [3.05, 3.63) is 69.9 Å². The molecule has 3 saturated heterocycles. The predicted octanol–water partition coefficient (Wildman–Crippen LogP) is 7.74. The molecule has 1 unspecified atom stereocenters. The van der Waals surface area contributed by atoms with Crippen LogP contribution in [0.15, 0.2) is 64.7 Å². The first-order valence-electron chi connectivity index (χ1n) is 23.6. The van der Waals surface area contributed by atoms with Gasteiger partial charge in [-0.05, 0) is 89.0 Å². The third-order valence-electron chi connectivity index (χ3n) is 14.2. The number of carbonyl (C=O) groups excluding carboxylic acids is 3. The van der Waals surface area contributed by atoms with Gasteiger partial charge in [0, 0.05) is 52.4 Å². The molecule has 4 aliphatic rings. The zero-order valence-electron chi connectivity index (χ0n) is 40.5. The smallest absolute Gasteiger partial charge is 0.410 e. The van der Waals surface area contributed by atoms with Gasteiger partial charge < -0.3 is 33.8 Å². The Balaban J connectivity index is 1.19. The summed E-state index contributed by atoms with van der Waals surface area (Å²) in [5.74, 6) is 9.47. The molecule has 0 aliphatic carbocycles. The van der Waals surface area contributed by atoms with E-state index in [0.717, 1.165) is 31.8 Å². The van der Waals surface area contributed by atoms with E-state index < -0.39 is 65.6 Å². The number of hydrogen-bond acceptors (Lipinski definition) is 13. The molecule has 3 fully saturated rings. The lowest BCUT2D eigenvalue weighted by molar-refractivity contribution is -0.286. The maximum absolute atomic E-state index is 14.7. The molecule has 0 radical (unpaired) electrons. The van der Waals surface area contributed by atoms with Crippen LogP contribution < -0.4 is 0 Å². The number of carbonyl (C=O) groups is 3. The molecule has 67 heavy (non-hydrogen) atoms. The first-order chi connectivity index (χ1) is 31.9. The van der Waals surface area contributed by atoms with E-state index >= 15 is 0 Å². The van der Waals surface area contributed by atoms with Crippen LogP contribution in [-0.4, -0.2) is 127 Å². The number of thiophene rings is 1. The zero-order valence-corrected chi connectivity index (χ0v) is 41.3. The van der Waals surface area contributed by atoms with Crippen LogP contribution in [0.3, 0.4) is 0 Å². The number of nitrogens with zero attached hydrogens (tertiary/aromatic N) is 4. The summed E-state index contributed by atoms with van der Waals surface area (Å²) < 4.78 is 25.7. The molecule has 1 N–H and O–H groups in total. The molecule has 1 amide bonds. The summed E-state index contributed by atoms with van der Waals surface area (Å²) in [5, 5.41) is 18.1. The van der Waals surface area contributed by atoms with Crippen molar-refractivity contribution < 1.29 is 43.3 Å². The van der Waals surface area contributed by atoms with Crippen LogP contribution in [0.5, 0.6) is 0 Å². The number of fused-ring (bicyclic) bond motifs is 2. The summed E-state index contributed by atoms with van der Waals surface area (Å²) >= 11 is 1.46. The number of hydrogen-bond donors (Lipinski definition) is 1. The number of oxime groups is 1. The Morgan fingerprint density at radius 2 is 1.76 bits per heavy atom. The summed E-state index contributed by atoms with van der Waals surface area (Å²) in [6.07, 6.45) is -1.15. The number of aliphatic hydroxyl groups is 1. The number of esters is 1. The number of benzene rings is 2. The van der Waals surface area contributed by atoms with Gasteiger partial charge in [0.1, 0.15) is 18.1 Å². The second-order valence-electron chi connectivity index (χ2n) is 19.4. The van der Waals surface area contributed by atoms with E-state index in [9.17, 15) is 19.5 Å². The first-order valence-corrected chi connectivity index (χ1v) is 24.4. The van der Waals surface area contributed by atoms with Crippen LogP contribution in [-0.2, 0) is 33.4 Å². The lowest BCUT2D eigenvalue weighted by Gasteiger charge is -2.47. The minimum atomic E-state index is -1.19. The fourth-order valence-corrected chi connectivity index (χ4v) is 11.7. The van der Waals surface area contributed by atoms with Crippen molar-refractivity contribution in [3.8, 4) is 23.7 Å². The lowest BCUT2D eigenvalue weighted by Crippen LogP contribution is -2.58. The van der Waals surface area contributed by atoms with Crippen LogP contribution in [0.1, 0.15) is 96.4 Å². The van der Waals surface area contributed by atoms with E-state index in [1.807, 2.05) is 76.2 Å². The highest BCUT2D eigenvalue weighted by atomic mass is 32.1. The van der Waals surface area contributed by atoms with Crippen molar-refractivity contribution in [1.29, 1.82) is 0 Å². The Morgan fingerprint density at radius 3 is 2.52 bits per heavy atom. The van der Waals surface area contributed by atoms with Crippen LogP contribution >= 0.6 is 11.3 Å². The molecule has 3 aromatic rings. The molecule has 1 aromatic heterocycles. The van der Waals surface area contributed by atoms with Gasteiger partial charge >= 0.3 is 12.1 Å². The van der Waals surface area contributed by atoms with E-state index in [1.165, 1.54) is 11.3 Å². The topological polar surface area (TPSA) is 149 Å². The van der Waals surface area contributed by atoms with Gasteiger partial charge in [0.05, 0.1) is 35.9 Å². The van der Waals surface area contributed by atoms with Crippen molar-refractivity contribution >= 4 is 51.9 Å². The van der Waals surface area contributed by atoms with Crippen molar-refractivity contribution in [1.82, 2.24) is 9.80 Å². The van der Waals surface area contributed by atoms with Crippen LogP contribution in [0.4, 0.5) is 4.79 Å². The Kier molecular flexibility index (Phi) is 15.6. The minimum Gasteiger partial charge on any atom is -0.458 e. The molecule has 0 saturated carbocycles. The Labute approximate surface area is 399 Å². The molecular formula is C53H66N4O9S. The van der Waals surface area contributed by atoms with Gasteiger partial charge in [0.15, 0.2) is 24.3 Å². The van der Waals surface area contributed by atoms with Gasteiger partial charge in [0.25, 0.3) is 0 Å².